The monoisotopic (exact) mass is 463 g/mol. The lowest BCUT2D eigenvalue weighted by molar-refractivity contribution is -0.130. The van der Waals surface area contributed by atoms with Gasteiger partial charge in [-0.3, -0.25) is 9.69 Å². The molecular weight excluding hydrogens is 434 g/mol. The van der Waals surface area contributed by atoms with Crippen LogP contribution in [0.2, 0.25) is 0 Å². The van der Waals surface area contributed by atoms with Crippen molar-refractivity contribution in [3.63, 3.8) is 0 Å². The second-order valence-corrected chi connectivity index (χ2v) is 9.34. The van der Waals surface area contributed by atoms with Gasteiger partial charge >= 0.3 is 0 Å². The van der Waals surface area contributed by atoms with Crippen LogP contribution < -0.4 is 4.90 Å². The van der Waals surface area contributed by atoms with Gasteiger partial charge in [0.2, 0.25) is 5.91 Å². The van der Waals surface area contributed by atoms with E-state index >= 15 is 0 Å². The van der Waals surface area contributed by atoms with Crippen LogP contribution in [0.4, 0.5) is 5.82 Å². The normalized spacial score (nSPS) is 17.5. The van der Waals surface area contributed by atoms with Crippen molar-refractivity contribution in [1.82, 2.24) is 19.8 Å². The molecule has 0 spiro atoms. The van der Waals surface area contributed by atoms with Gasteiger partial charge in [0.25, 0.3) is 0 Å². The number of amides is 1. The molecule has 3 heterocycles. The summed E-state index contributed by atoms with van der Waals surface area (Å²) >= 11 is 1.50. The summed E-state index contributed by atoms with van der Waals surface area (Å²) in [6, 6.07) is 18.4. The first-order valence-corrected chi connectivity index (χ1v) is 12.5. The van der Waals surface area contributed by atoms with Crippen LogP contribution >= 0.6 is 11.8 Å². The van der Waals surface area contributed by atoms with Gasteiger partial charge in [0.05, 0.1) is 30.0 Å². The molecule has 0 unspecified atom stereocenters. The highest BCUT2D eigenvalue weighted by Crippen LogP contribution is 2.30. The zero-order valence-electron chi connectivity index (χ0n) is 18.7. The predicted molar refractivity (Wildman–Crippen MR) is 132 cm³/mol. The van der Waals surface area contributed by atoms with E-state index in [0.29, 0.717) is 19.0 Å². The summed E-state index contributed by atoms with van der Waals surface area (Å²) < 4.78 is 5.51. The van der Waals surface area contributed by atoms with E-state index in [0.717, 1.165) is 67.7 Å². The van der Waals surface area contributed by atoms with E-state index in [9.17, 15) is 4.79 Å². The number of piperazine rings is 1. The number of carbonyl (C=O) groups is 1. The molecule has 3 aromatic rings. The highest BCUT2D eigenvalue weighted by atomic mass is 32.2. The lowest BCUT2D eigenvalue weighted by Gasteiger charge is -2.34. The molecule has 0 bridgehead atoms. The summed E-state index contributed by atoms with van der Waals surface area (Å²) in [5, 5.41) is 0.826. The van der Waals surface area contributed by atoms with E-state index in [4.69, 9.17) is 14.7 Å². The number of fused-ring (bicyclic) bond motifs is 1. The lowest BCUT2D eigenvalue weighted by atomic mass is 10.2. The standard InChI is InChI=1S/C25H29N5O2S/c31-23(29-12-10-28(11-13-29)18-20-6-2-1-3-7-20)19-33-25-24(30-14-16-32-17-15-30)26-21-8-4-5-9-22(21)27-25/h1-9H,10-19H2. The van der Waals surface area contributed by atoms with Gasteiger partial charge in [-0.25, -0.2) is 9.97 Å². The minimum Gasteiger partial charge on any atom is -0.378 e. The van der Waals surface area contributed by atoms with Gasteiger partial charge in [0.15, 0.2) is 5.82 Å². The fourth-order valence-corrected chi connectivity index (χ4v) is 5.18. The maximum Gasteiger partial charge on any atom is 0.233 e. The minimum atomic E-state index is 0.169. The second-order valence-electron chi connectivity index (χ2n) is 8.37. The fraction of sp³-hybridized carbons (Fsp3) is 0.400. The number of para-hydroxylation sites is 2. The Bertz CT molecular complexity index is 1080. The number of hydrogen-bond donors (Lipinski definition) is 0. The number of aromatic nitrogens is 2. The zero-order chi connectivity index (χ0) is 22.5. The summed E-state index contributed by atoms with van der Waals surface area (Å²) in [6.07, 6.45) is 0. The van der Waals surface area contributed by atoms with Gasteiger partial charge in [-0.15, -0.1) is 0 Å². The van der Waals surface area contributed by atoms with Crippen molar-refractivity contribution in [3.8, 4) is 0 Å². The number of rotatable bonds is 6. The van der Waals surface area contributed by atoms with E-state index in [1.165, 1.54) is 17.3 Å². The van der Waals surface area contributed by atoms with Crippen LogP contribution in [0.15, 0.2) is 59.6 Å². The molecule has 0 aliphatic carbocycles. The maximum atomic E-state index is 13.0. The molecule has 2 aromatic carbocycles. The summed E-state index contributed by atoms with van der Waals surface area (Å²) in [7, 11) is 0. The molecule has 2 fully saturated rings. The molecule has 1 aromatic heterocycles. The van der Waals surface area contributed by atoms with E-state index in [1.807, 2.05) is 35.2 Å². The zero-order valence-corrected chi connectivity index (χ0v) is 19.5. The third kappa shape index (κ3) is 5.46. The molecule has 2 aliphatic heterocycles. The number of anilines is 1. The van der Waals surface area contributed by atoms with Gasteiger partial charge < -0.3 is 14.5 Å². The Morgan fingerprint density at radius 3 is 2.24 bits per heavy atom. The van der Waals surface area contributed by atoms with Crippen LogP contribution in [0, 0.1) is 0 Å². The third-order valence-electron chi connectivity index (χ3n) is 6.14. The molecule has 0 saturated carbocycles. The molecule has 7 nitrogen and oxygen atoms in total. The predicted octanol–water partition coefficient (Wildman–Crippen LogP) is 2.90. The van der Waals surface area contributed by atoms with Crippen LogP contribution in [-0.2, 0) is 16.1 Å². The average Bonchev–Trinajstić information content (AvgIpc) is 2.88. The Labute approximate surface area is 198 Å². The van der Waals surface area contributed by atoms with Gasteiger partial charge in [0.1, 0.15) is 5.03 Å². The number of benzene rings is 2. The SMILES string of the molecule is O=C(CSc1nc2ccccc2nc1N1CCOCC1)N1CCN(Cc2ccccc2)CC1. The van der Waals surface area contributed by atoms with Gasteiger partial charge in [-0.05, 0) is 17.7 Å². The van der Waals surface area contributed by atoms with Crippen molar-refractivity contribution < 1.29 is 9.53 Å². The quantitative estimate of drug-likeness (QED) is 0.521. The minimum absolute atomic E-state index is 0.169. The smallest absolute Gasteiger partial charge is 0.233 e. The Balaban J connectivity index is 1.21. The van der Waals surface area contributed by atoms with E-state index < -0.39 is 0 Å². The van der Waals surface area contributed by atoms with E-state index in [2.05, 4.69) is 34.1 Å². The van der Waals surface area contributed by atoms with Crippen molar-refractivity contribution in [1.29, 1.82) is 0 Å². The van der Waals surface area contributed by atoms with Crippen LogP contribution in [0.25, 0.3) is 11.0 Å². The lowest BCUT2D eigenvalue weighted by Crippen LogP contribution is -2.48. The highest BCUT2D eigenvalue weighted by molar-refractivity contribution is 8.00. The topological polar surface area (TPSA) is 61.8 Å². The van der Waals surface area contributed by atoms with Crippen LogP contribution in [0.1, 0.15) is 5.56 Å². The molecule has 2 saturated heterocycles. The number of nitrogens with zero attached hydrogens (tertiary/aromatic N) is 5. The van der Waals surface area contributed by atoms with Gasteiger partial charge in [0, 0.05) is 45.8 Å². The Kier molecular flexibility index (Phi) is 7.04. The molecular formula is C25H29N5O2S. The summed E-state index contributed by atoms with van der Waals surface area (Å²) in [5.41, 5.74) is 3.06. The van der Waals surface area contributed by atoms with Gasteiger partial charge in [-0.2, -0.15) is 0 Å². The number of morpholine rings is 1. The first-order chi connectivity index (χ1) is 16.3. The van der Waals surface area contributed by atoms with Crippen molar-refractivity contribution in [3.05, 3.63) is 60.2 Å². The second kappa shape index (κ2) is 10.5. The van der Waals surface area contributed by atoms with E-state index in [-0.39, 0.29) is 5.91 Å². The number of thioether (sulfide) groups is 1. The van der Waals surface area contributed by atoms with Crippen molar-refractivity contribution >= 4 is 34.5 Å². The first kappa shape index (κ1) is 22.1. The molecule has 0 atom stereocenters. The Morgan fingerprint density at radius 1 is 0.848 bits per heavy atom. The van der Waals surface area contributed by atoms with Crippen LogP contribution in [0.3, 0.4) is 0 Å². The first-order valence-electron chi connectivity index (χ1n) is 11.5. The fourth-order valence-electron chi connectivity index (χ4n) is 4.27. The van der Waals surface area contributed by atoms with Crippen molar-refractivity contribution in [2.24, 2.45) is 0 Å². The van der Waals surface area contributed by atoms with Crippen LogP contribution in [0.5, 0.6) is 0 Å². The molecule has 2 aliphatic rings. The molecule has 1 amide bonds. The molecule has 8 heteroatoms. The summed E-state index contributed by atoms with van der Waals surface area (Å²) in [5.74, 6) is 1.41. The van der Waals surface area contributed by atoms with Crippen LogP contribution in [-0.4, -0.2) is 83.9 Å². The Morgan fingerprint density at radius 2 is 1.52 bits per heavy atom. The van der Waals surface area contributed by atoms with Crippen molar-refractivity contribution in [2.75, 3.05) is 63.1 Å². The molecule has 0 radical (unpaired) electrons. The highest BCUT2D eigenvalue weighted by Gasteiger charge is 2.23. The molecule has 172 valence electrons. The largest absolute Gasteiger partial charge is 0.378 e. The summed E-state index contributed by atoms with van der Waals surface area (Å²) in [4.78, 5) is 29.4. The molecule has 33 heavy (non-hydrogen) atoms. The van der Waals surface area contributed by atoms with Crippen molar-refractivity contribution in [2.45, 2.75) is 11.6 Å². The van der Waals surface area contributed by atoms with Gasteiger partial charge in [-0.1, -0.05) is 54.2 Å². The number of hydrogen-bond acceptors (Lipinski definition) is 7. The van der Waals surface area contributed by atoms with E-state index in [1.54, 1.807) is 0 Å². The average molecular weight is 464 g/mol. The maximum absolute atomic E-state index is 13.0. The molecule has 0 N–H and O–H groups in total. The number of carbonyl (C=O) groups excluding carboxylic acids is 1. The Hall–Kier alpha value is -2.68. The summed E-state index contributed by atoms with van der Waals surface area (Å²) in [6.45, 7) is 7.23. The third-order valence-corrected chi connectivity index (χ3v) is 7.08. The number of ether oxygens (including phenoxy) is 1. The molecule has 5 rings (SSSR count).